The molecular weight excluding hydrogens is 252 g/mol. The summed E-state index contributed by atoms with van der Waals surface area (Å²) in [6, 6.07) is 19.5. The molecule has 3 nitrogen and oxygen atoms in total. The van der Waals surface area contributed by atoms with Crippen molar-refractivity contribution in [2.24, 2.45) is 0 Å². The zero-order valence-corrected chi connectivity index (χ0v) is 10.6. The lowest BCUT2D eigenvalue weighted by Gasteiger charge is -2.02. The summed E-state index contributed by atoms with van der Waals surface area (Å²) in [5.74, 6) is -1.11. The fraction of sp³-hybridized carbons (Fsp3) is 0. The van der Waals surface area contributed by atoms with Crippen LogP contribution in [-0.4, -0.2) is 11.1 Å². The third kappa shape index (κ3) is 2.34. The van der Waals surface area contributed by atoms with Gasteiger partial charge in [0, 0.05) is 5.56 Å². The Balaban J connectivity index is 1.91. The van der Waals surface area contributed by atoms with E-state index in [1.165, 1.54) is 12.3 Å². The first kappa shape index (κ1) is 12.2. The predicted molar refractivity (Wildman–Crippen MR) is 76.5 cm³/mol. The van der Waals surface area contributed by atoms with Crippen LogP contribution in [0.3, 0.4) is 0 Å². The van der Waals surface area contributed by atoms with Gasteiger partial charge in [-0.25, -0.2) is 4.79 Å². The molecule has 0 aliphatic carbocycles. The van der Waals surface area contributed by atoms with Crippen molar-refractivity contribution in [2.75, 3.05) is 0 Å². The predicted octanol–water partition coefficient (Wildman–Crippen LogP) is 4.31. The first-order chi connectivity index (χ1) is 9.74. The Bertz CT molecular complexity index is 724. The third-order valence-electron chi connectivity index (χ3n) is 3.14. The molecule has 1 aromatic heterocycles. The van der Waals surface area contributed by atoms with Crippen molar-refractivity contribution in [3.05, 3.63) is 72.7 Å². The molecule has 0 aliphatic rings. The molecule has 3 heteroatoms. The summed E-state index contributed by atoms with van der Waals surface area (Å²) < 4.78 is 5.00. The summed E-state index contributed by atoms with van der Waals surface area (Å²) in [7, 11) is 0. The number of hydrogen-bond donors (Lipinski definition) is 1. The van der Waals surface area contributed by atoms with Crippen LogP contribution < -0.4 is 0 Å². The van der Waals surface area contributed by atoms with Crippen LogP contribution in [0.5, 0.6) is 0 Å². The lowest BCUT2D eigenvalue weighted by atomic mass is 10.0. The zero-order chi connectivity index (χ0) is 13.9. The van der Waals surface area contributed by atoms with Crippen LogP contribution in [-0.2, 0) is 0 Å². The maximum Gasteiger partial charge on any atom is 0.371 e. The highest BCUT2D eigenvalue weighted by atomic mass is 16.4. The molecule has 0 saturated carbocycles. The molecule has 3 aromatic rings. The van der Waals surface area contributed by atoms with Gasteiger partial charge in [0.2, 0.25) is 5.76 Å². The van der Waals surface area contributed by atoms with Gasteiger partial charge in [-0.1, -0.05) is 54.6 Å². The van der Waals surface area contributed by atoms with E-state index >= 15 is 0 Å². The number of carboxylic acid groups (broad SMARTS) is 1. The van der Waals surface area contributed by atoms with E-state index in [0.29, 0.717) is 0 Å². The second-order valence-electron chi connectivity index (χ2n) is 4.45. The van der Waals surface area contributed by atoms with Gasteiger partial charge < -0.3 is 9.52 Å². The lowest BCUT2D eigenvalue weighted by Crippen LogP contribution is -1.91. The maximum atomic E-state index is 10.8. The lowest BCUT2D eigenvalue weighted by molar-refractivity contribution is 0.0662. The number of rotatable bonds is 3. The summed E-state index contributed by atoms with van der Waals surface area (Å²) in [5, 5.41) is 8.84. The van der Waals surface area contributed by atoms with Crippen molar-refractivity contribution in [1.29, 1.82) is 0 Å². The van der Waals surface area contributed by atoms with Crippen LogP contribution >= 0.6 is 0 Å². The fourth-order valence-corrected chi connectivity index (χ4v) is 2.09. The highest BCUT2D eigenvalue weighted by Gasteiger charge is 2.10. The Labute approximate surface area is 116 Å². The van der Waals surface area contributed by atoms with E-state index in [9.17, 15) is 4.79 Å². The Morgan fingerprint density at radius 3 is 1.90 bits per heavy atom. The van der Waals surface area contributed by atoms with E-state index in [4.69, 9.17) is 9.52 Å². The molecular formula is C17H12O3. The van der Waals surface area contributed by atoms with Gasteiger partial charge in [-0.15, -0.1) is 0 Å². The molecule has 0 fully saturated rings. The molecule has 20 heavy (non-hydrogen) atoms. The SMILES string of the molecule is O=C(O)c1cc(-c2ccc(-c3ccccc3)cc2)co1. The normalized spacial score (nSPS) is 10.4. The quantitative estimate of drug-likeness (QED) is 0.766. The van der Waals surface area contributed by atoms with Gasteiger partial charge in [0.05, 0.1) is 6.26 Å². The molecule has 0 radical (unpaired) electrons. The van der Waals surface area contributed by atoms with Crippen molar-refractivity contribution >= 4 is 5.97 Å². The number of carboxylic acids is 1. The van der Waals surface area contributed by atoms with Crippen LogP contribution in [0.2, 0.25) is 0 Å². The largest absolute Gasteiger partial charge is 0.475 e. The van der Waals surface area contributed by atoms with Crippen molar-refractivity contribution < 1.29 is 14.3 Å². The van der Waals surface area contributed by atoms with Crippen LogP contribution in [0.25, 0.3) is 22.3 Å². The smallest absolute Gasteiger partial charge is 0.371 e. The van der Waals surface area contributed by atoms with E-state index in [1.54, 1.807) is 0 Å². The highest BCUT2D eigenvalue weighted by molar-refractivity contribution is 5.86. The van der Waals surface area contributed by atoms with Gasteiger partial charge >= 0.3 is 5.97 Å². The molecule has 0 aliphatic heterocycles. The van der Waals surface area contributed by atoms with Crippen LogP contribution in [0, 0.1) is 0 Å². The molecule has 0 saturated heterocycles. The molecule has 0 amide bonds. The van der Waals surface area contributed by atoms with Crippen LogP contribution in [0.15, 0.2) is 71.3 Å². The minimum Gasteiger partial charge on any atom is -0.475 e. The molecule has 0 unspecified atom stereocenters. The third-order valence-corrected chi connectivity index (χ3v) is 3.14. The summed E-state index contributed by atoms with van der Waals surface area (Å²) in [5.41, 5.74) is 3.97. The number of hydrogen-bond acceptors (Lipinski definition) is 2. The monoisotopic (exact) mass is 264 g/mol. The first-order valence-electron chi connectivity index (χ1n) is 6.22. The number of benzene rings is 2. The second-order valence-corrected chi connectivity index (χ2v) is 4.45. The van der Waals surface area contributed by atoms with E-state index in [-0.39, 0.29) is 5.76 Å². The fourth-order valence-electron chi connectivity index (χ4n) is 2.09. The van der Waals surface area contributed by atoms with Crippen molar-refractivity contribution in [2.45, 2.75) is 0 Å². The van der Waals surface area contributed by atoms with Crippen molar-refractivity contribution in [3.8, 4) is 22.3 Å². The van der Waals surface area contributed by atoms with Gasteiger partial charge in [0.1, 0.15) is 0 Å². The Hall–Kier alpha value is -2.81. The van der Waals surface area contributed by atoms with E-state index < -0.39 is 5.97 Å². The van der Waals surface area contributed by atoms with Gasteiger partial charge in [-0.2, -0.15) is 0 Å². The van der Waals surface area contributed by atoms with E-state index in [1.807, 2.05) is 42.5 Å². The van der Waals surface area contributed by atoms with Gasteiger partial charge in [0.15, 0.2) is 0 Å². The maximum absolute atomic E-state index is 10.8. The number of carbonyl (C=O) groups is 1. The average Bonchev–Trinajstić information content (AvgIpc) is 2.98. The van der Waals surface area contributed by atoms with Gasteiger partial charge in [-0.05, 0) is 22.8 Å². The van der Waals surface area contributed by atoms with E-state index in [2.05, 4.69) is 12.1 Å². The summed E-state index contributed by atoms with van der Waals surface area (Å²) >= 11 is 0. The molecule has 2 aromatic carbocycles. The zero-order valence-electron chi connectivity index (χ0n) is 10.6. The molecule has 0 bridgehead atoms. The number of aromatic carboxylic acids is 1. The second kappa shape index (κ2) is 5.05. The topological polar surface area (TPSA) is 50.4 Å². The molecule has 0 atom stereocenters. The minimum absolute atomic E-state index is 0.0489. The van der Waals surface area contributed by atoms with Gasteiger partial charge in [0.25, 0.3) is 0 Å². The Morgan fingerprint density at radius 2 is 1.35 bits per heavy atom. The number of furan rings is 1. The van der Waals surface area contributed by atoms with Crippen molar-refractivity contribution in [1.82, 2.24) is 0 Å². The molecule has 1 heterocycles. The summed E-state index contributed by atoms with van der Waals surface area (Å²) in [4.78, 5) is 10.8. The summed E-state index contributed by atoms with van der Waals surface area (Å²) in [6.45, 7) is 0. The highest BCUT2D eigenvalue weighted by Crippen LogP contribution is 2.26. The van der Waals surface area contributed by atoms with Crippen LogP contribution in [0.4, 0.5) is 0 Å². The minimum atomic E-state index is -1.06. The standard InChI is InChI=1S/C17H12O3/c18-17(19)16-10-15(11-20-16)14-8-6-13(7-9-14)12-4-2-1-3-5-12/h1-11H,(H,18,19). The molecule has 3 rings (SSSR count). The average molecular weight is 264 g/mol. The molecule has 98 valence electrons. The summed E-state index contributed by atoms with van der Waals surface area (Å²) in [6.07, 6.45) is 1.46. The van der Waals surface area contributed by atoms with Crippen molar-refractivity contribution in [3.63, 3.8) is 0 Å². The van der Waals surface area contributed by atoms with Gasteiger partial charge in [-0.3, -0.25) is 0 Å². The molecule has 1 N–H and O–H groups in total. The molecule has 0 spiro atoms. The Morgan fingerprint density at radius 1 is 0.800 bits per heavy atom. The van der Waals surface area contributed by atoms with E-state index in [0.717, 1.165) is 22.3 Å². The Kier molecular flexibility index (Phi) is 3.09. The first-order valence-corrected chi connectivity index (χ1v) is 6.22. The van der Waals surface area contributed by atoms with Crippen LogP contribution in [0.1, 0.15) is 10.6 Å².